The summed E-state index contributed by atoms with van der Waals surface area (Å²) in [5.74, 6) is -0.127. The lowest BCUT2D eigenvalue weighted by molar-refractivity contribution is -0.126. The van der Waals surface area contributed by atoms with Gasteiger partial charge in [0.05, 0.1) is 25.4 Å². The van der Waals surface area contributed by atoms with Gasteiger partial charge in [0.25, 0.3) is 0 Å². The lowest BCUT2D eigenvalue weighted by atomic mass is 9.74. The van der Waals surface area contributed by atoms with Crippen molar-refractivity contribution in [1.29, 1.82) is 0 Å². The second-order valence-corrected chi connectivity index (χ2v) is 8.95. The molecule has 1 heterocycles. The maximum atomic E-state index is 12.4. The van der Waals surface area contributed by atoms with Gasteiger partial charge in [0.15, 0.2) is 0 Å². The fraction of sp³-hybridized carbons (Fsp3) is 0.708. The number of carbonyl (C=O) groups excluding carboxylic acids is 1. The first-order valence-electron chi connectivity index (χ1n) is 11.5. The van der Waals surface area contributed by atoms with E-state index in [4.69, 9.17) is 9.47 Å². The van der Waals surface area contributed by atoms with Crippen LogP contribution in [0.2, 0.25) is 0 Å². The monoisotopic (exact) mass is 434 g/mol. The van der Waals surface area contributed by atoms with Crippen molar-refractivity contribution >= 4 is 5.91 Å². The van der Waals surface area contributed by atoms with E-state index in [1.54, 1.807) is 7.11 Å². The molecule has 1 aliphatic heterocycles. The van der Waals surface area contributed by atoms with E-state index in [-0.39, 0.29) is 30.1 Å². The molecule has 1 aliphatic carbocycles. The summed E-state index contributed by atoms with van der Waals surface area (Å²) in [5.41, 5.74) is 0.992. The average Bonchev–Trinajstić information content (AvgIpc) is 2.96. The largest absolute Gasteiger partial charge is 0.393 e. The molecule has 0 aromatic heterocycles. The number of amides is 1. The predicted octanol–water partition coefficient (Wildman–Crippen LogP) is 1.46. The number of aliphatic hydroxyl groups is 2. The fourth-order valence-electron chi connectivity index (χ4n) is 4.99. The average molecular weight is 435 g/mol. The molecule has 0 radical (unpaired) electrons. The number of ether oxygens (including phenoxy) is 2. The van der Waals surface area contributed by atoms with Crippen LogP contribution in [0.25, 0.3) is 0 Å². The molecule has 3 atom stereocenters. The van der Waals surface area contributed by atoms with Gasteiger partial charge in [-0.3, -0.25) is 9.69 Å². The zero-order valence-electron chi connectivity index (χ0n) is 18.7. The van der Waals surface area contributed by atoms with Crippen LogP contribution in [0.4, 0.5) is 0 Å². The van der Waals surface area contributed by atoms with Gasteiger partial charge in [0.1, 0.15) is 6.61 Å². The van der Waals surface area contributed by atoms with Gasteiger partial charge < -0.3 is 25.0 Å². The van der Waals surface area contributed by atoms with Crippen LogP contribution in [0.3, 0.4) is 0 Å². The molecule has 1 amide bonds. The van der Waals surface area contributed by atoms with Gasteiger partial charge in [-0.25, -0.2) is 0 Å². The first-order valence-corrected chi connectivity index (χ1v) is 11.5. The number of benzene rings is 1. The normalized spacial score (nSPS) is 28.2. The minimum atomic E-state index is -0.395. The third kappa shape index (κ3) is 6.73. The van der Waals surface area contributed by atoms with E-state index in [1.165, 1.54) is 5.56 Å². The number of hydrogen-bond donors (Lipinski definition) is 3. The third-order valence-electron chi connectivity index (χ3n) is 6.92. The van der Waals surface area contributed by atoms with Crippen LogP contribution in [0.1, 0.15) is 44.1 Å². The van der Waals surface area contributed by atoms with Crippen LogP contribution in [0.15, 0.2) is 30.3 Å². The zero-order valence-corrected chi connectivity index (χ0v) is 18.7. The first kappa shape index (κ1) is 24.1. The van der Waals surface area contributed by atoms with E-state index in [1.807, 2.05) is 18.2 Å². The number of nitrogens with one attached hydrogen (secondary N) is 1. The molecule has 1 aromatic rings. The van der Waals surface area contributed by atoms with Crippen LogP contribution in [0.5, 0.6) is 0 Å². The molecule has 2 aliphatic rings. The maximum Gasteiger partial charge on any atom is 0.246 e. The van der Waals surface area contributed by atoms with Crippen molar-refractivity contribution in [2.24, 2.45) is 0 Å². The second kappa shape index (κ2) is 11.9. The number of likely N-dealkylation sites (tertiary alicyclic amines) is 1. The van der Waals surface area contributed by atoms with Crippen molar-refractivity contribution in [2.45, 2.75) is 62.2 Å². The lowest BCUT2D eigenvalue weighted by Gasteiger charge is -2.38. The Hall–Kier alpha value is -1.51. The molecule has 0 unspecified atom stereocenters. The van der Waals surface area contributed by atoms with Crippen LogP contribution in [0, 0.1) is 0 Å². The van der Waals surface area contributed by atoms with Gasteiger partial charge in [-0.2, -0.15) is 0 Å². The number of aliphatic hydroxyl groups excluding tert-OH is 2. The molecule has 7 nitrogen and oxygen atoms in total. The van der Waals surface area contributed by atoms with Crippen molar-refractivity contribution in [3.63, 3.8) is 0 Å². The van der Waals surface area contributed by atoms with Crippen LogP contribution in [-0.4, -0.2) is 85.8 Å². The van der Waals surface area contributed by atoms with Gasteiger partial charge >= 0.3 is 0 Å². The number of rotatable bonds is 9. The standard InChI is InChI=1S/C24H38N2O5/c1-30-15-16-31-17-23(29)25-18-24(19-5-3-2-4-6-19)11-7-21(22(28)8-12-24)26-13-9-20(27)10-14-26/h2-6,20-22,27-28H,7-18H2,1H3,(H,25,29)/t21-,22-,24-/m0/s1. The van der Waals surface area contributed by atoms with Crippen molar-refractivity contribution in [3.8, 4) is 0 Å². The summed E-state index contributed by atoms with van der Waals surface area (Å²) in [6, 6.07) is 10.4. The molecule has 2 fully saturated rings. The molecule has 0 bridgehead atoms. The van der Waals surface area contributed by atoms with Gasteiger partial charge in [-0.15, -0.1) is 0 Å². The molecular formula is C24H38N2O5. The van der Waals surface area contributed by atoms with Crippen LogP contribution in [-0.2, 0) is 19.7 Å². The second-order valence-electron chi connectivity index (χ2n) is 8.95. The first-order chi connectivity index (χ1) is 15.0. The molecule has 7 heteroatoms. The fourth-order valence-corrected chi connectivity index (χ4v) is 4.99. The Kier molecular flexibility index (Phi) is 9.29. The minimum Gasteiger partial charge on any atom is -0.393 e. The van der Waals surface area contributed by atoms with E-state index in [0.717, 1.165) is 45.2 Å². The maximum absolute atomic E-state index is 12.4. The van der Waals surface area contributed by atoms with E-state index < -0.39 is 6.10 Å². The van der Waals surface area contributed by atoms with E-state index in [0.29, 0.717) is 26.2 Å². The Morgan fingerprint density at radius 2 is 1.81 bits per heavy atom. The Morgan fingerprint density at radius 1 is 1.10 bits per heavy atom. The number of methoxy groups -OCH3 is 1. The molecule has 1 saturated carbocycles. The highest BCUT2D eigenvalue weighted by Gasteiger charge is 2.40. The number of piperidine rings is 1. The van der Waals surface area contributed by atoms with Crippen molar-refractivity contribution in [3.05, 3.63) is 35.9 Å². The molecule has 0 spiro atoms. The number of hydrogen-bond acceptors (Lipinski definition) is 6. The van der Waals surface area contributed by atoms with E-state index >= 15 is 0 Å². The molecule has 174 valence electrons. The Bertz CT molecular complexity index is 665. The van der Waals surface area contributed by atoms with Crippen molar-refractivity contribution in [1.82, 2.24) is 10.2 Å². The molecular weight excluding hydrogens is 396 g/mol. The smallest absolute Gasteiger partial charge is 0.246 e. The van der Waals surface area contributed by atoms with Gasteiger partial charge in [-0.1, -0.05) is 30.3 Å². The summed E-state index contributed by atoms with van der Waals surface area (Å²) in [7, 11) is 1.60. The van der Waals surface area contributed by atoms with Crippen LogP contribution < -0.4 is 5.32 Å². The predicted molar refractivity (Wildman–Crippen MR) is 119 cm³/mol. The van der Waals surface area contributed by atoms with E-state index in [9.17, 15) is 15.0 Å². The summed E-state index contributed by atoms with van der Waals surface area (Å²) in [6.45, 7) is 3.07. The highest BCUT2D eigenvalue weighted by molar-refractivity contribution is 5.77. The van der Waals surface area contributed by atoms with Gasteiger partial charge in [-0.05, 0) is 44.1 Å². The Morgan fingerprint density at radius 3 is 2.52 bits per heavy atom. The van der Waals surface area contributed by atoms with Crippen molar-refractivity contribution in [2.75, 3.05) is 46.6 Å². The Labute approximate surface area is 185 Å². The lowest BCUT2D eigenvalue weighted by Crippen LogP contribution is -2.48. The highest BCUT2D eigenvalue weighted by atomic mass is 16.5. The quantitative estimate of drug-likeness (QED) is 0.403. The highest BCUT2D eigenvalue weighted by Crippen LogP contribution is 2.39. The molecule has 3 N–H and O–H groups in total. The topological polar surface area (TPSA) is 91.3 Å². The van der Waals surface area contributed by atoms with Crippen molar-refractivity contribution < 1.29 is 24.5 Å². The Balaban J connectivity index is 1.67. The minimum absolute atomic E-state index is 0.0234. The summed E-state index contributed by atoms with van der Waals surface area (Å²) >= 11 is 0. The molecule has 3 rings (SSSR count). The summed E-state index contributed by atoms with van der Waals surface area (Å²) in [4.78, 5) is 14.7. The van der Waals surface area contributed by atoms with E-state index in [2.05, 4.69) is 22.3 Å². The number of carbonyl (C=O) groups is 1. The molecule has 1 aromatic carbocycles. The zero-order chi connectivity index (χ0) is 22.1. The molecule has 31 heavy (non-hydrogen) atoms. The summed E-state index contributed by atoms with van der Waals surface area (Å²) in [6.07, 6.45) is 4.19. The van der Waals surface area contributed by atoms with Gasteiger partial charge in [0, 0.05) is 38.2 Å². The SMILES string of the molecule is COCCOCC(=O)NC[C@@]1(c2ccccc2)CC[C@H](O)[C@@H](N2CCC(O)CC2)CC1. The van der Waals surface area contributed by atoms with Gasteiger partial charge in [0.2, 0.25) is 5.91 Å². The van der Waals surface area contributed by atoms with Crippen LogP contribution >= 0.6 is 0 Å². The molecule has 1 saturated heterocycles. The third-order valence-corrected chi connectivity index (χ3v) is 6.92. The summed E-state index contributed by atoms with van der Waals surface area (Å²) in [5, 5.41) is 23.9. The number of nitrogens with zero attached hydrogens (tertiary/aromatic N) is 1. The summed E-state index contributed by atoms with van der Waals surface area (Å²) < 4.78 is 10.3.